The largest absolute Gasteiger partial charge is 0.399 e. The van der Waals surface area contributed by atoms with E-state index in [1.54, 1.807) is 59.6 Å². The highest BCUT2D eigenvalue weighted by atomic mass is 35.5. The van der Waals surface area contributed by atoms with Gasteiger partial charge in [-0.3, -0.25) is 9.78 Å². The van der Waals surface area contributed by atoms with Crippen molar-refractivity contribution in [1.82, 2.24) is 4.98 Å². The standard InChI is InChI=1S/C22H20ClN3O3/c1-29-20-21(27)26(13-14-5-4-6-15(23)11-14)18-9-8-16(24)12-17(18)22(20,28)19-7-2-3-10-25-19/h2-12,20,28H,13,24H2,1H3. The van der Waals surface area contributed by atoms with E-state index in [2.05, 4.69) is 4.98 Å². The zero-order valence-electron chi connectivity index (χ0n) is 15.7. The molecule has 1 aliphatic heterocycles. The first-order chi connectivity index (χ1) is 13.9. The fraction of sp³-hybridized carbons (Fsp3) is 0.182. The minimum absolute atomic E-state index is 0.272. The third kappa shape index (κ3) is 3.25. The first-order valence-corrected chi connectivity index (χ1v) is 9.45. The number of carbonyl (C=O) groups excluding carboxylic acids is 1. The van der Waals surface area contributed by atoms with Crippen molar-refractivity contribution in [2.45, 2.75) is 18.2 Å². The number of aliphatic hydroxyl groups is 1. The molecule has 0 bridgehead atoms. The van der Waals surface area contributed by atoms with Crippen LogP contribution in [0.1, 0.15) is 16.8 Å². The molecular formula is C22H20ClN3O3. The fourth-order valence-electron chi connectivity index (χ4n) is 3.79. The molecular weight excluding hydrogens is 390 g/mol. The zero-order valence-corrected chi connectivity index (χ0v) is 16.5. The number of hydrogen-bond acceptors (Lipinski definition) is 5. The third-order valence-electron chi connectivity index (χ3n) is 5.11. The first kappa shape index (κ1) is 19.4. The second-order valence-corrected chi connectivity index (χ2v) is 7.36. The van der Waals surface area contributed by atoms with Gasteiger partial charge in [-0.05, 0) is 48.0 Å². The van der Waals surface area contributed by atoms with Crippen LogP contribution in [0.15, 0.2) is 66.9 Å². The van der Waals surface area contributed by atoms with Crippen molar-refractivity contribution in [1.29, 1.82) is 0 Å². The van der Waals surface area contributed by atoms with Gasteiger partial charge in [0.2, 0.25) is 0 Å². The first-order valence-electron chi connectivity index (χ1n) is 9.07. The molecule has 0 saturated carbocycles. The molecule has 0 saturated heterocycles. The molecule has 0 fully saturated rings. The van der Waals surface area contributed by atoms with Gasteiger partial charge in [-0.1, -0.05) is 29.8 Å². The van der Waals surface area contributed by atoms with Crippen LogP contribution in [-0.4, -0.2) is 29.2 Å². The van der Waals surface area contributed by atoms with Gasteiger partial charge in [0.05, 0.1) is 17.9 Å². The number of nitrogen functional groups attached to an aromatic ring is 1. The van der Waals surface area contributed by atoms with Crippen LogP contribution < -0.4 is 10.6 Å². The van der Waals surface area contributed by atoms with Gasteiger partial charge in [0.25, 0.3) is 5.91 Å². The Morgan fingerprint density at radius 1 is 1.21 bits per heavy atom. The number of methoxy groups -OCH3 is 1. The molecule has 1 amide bonds. The number of hydrogen-bond donors (Lipinski definition) is 2. The number of fused-ring (bicyclic) bond motifs is 1. The maximum Gasteiger partial charge on any atom is 0.260 e. The Morgan fingerprint density at radius 3 is 2.72 bits per heavy atom. The second kappa shape index (κ2) is 7.48. The Kier molecular flexibility index (Phi) is 5.00. The van der Waals surface area contributed by atoms with Crippen LogP contribution in [0, 0.1) is 0 Å². The number of rotatable bonds is 4. The summed E-state index contributed by atoms with van der Waals surface area (Å²) in [5.41, 5.74) is 6.89. The van der Waals surface area contributed by atoms with E-state index in [0.717, 1.165) is 5.56 Å². The Bertz CT molecular complexity index is 1060. The lowest BCUT2D eigenvalue weighted by Crippen LogP contribution is -2.57. The van der Waals surface area contributed by atoms with Gasteiger partial charge < -0.3 is 20.5 Å². The number of pyridine rings is 1. The van der Waals surface area contributed by atoms with Crippen LogP contribution in [0.25, 0.3) is 0 Å². The maximum absolute atomic E-state index is 13.4. The third-order valence-corrected chi connectivity index (χ3v) is 5.35. The maximum atomic E-state index is 13.4. The number of ether oxygens (including phenoxy) is 1. The number of benzene rings is 2. The van der Waals surface area contributed by atoms with Crippen LogP contribution in [-0.2, 0) is 21.7 Å². The fourth-order valence-corrected chi connectivity index (χ4v) is 4.00. The molecule has 0 spiro atoms. The molecule has 2 aromatic carbocycles. The number of amides is 1. The monoisotopic (exact) mass is 409 g/mol. The molecule has 29 heavy (non-hydrogen) atoms. The number of nitrogens with zero attached hydrogens (tertiary/aromatic N) is 2. The van der Waals surface area contributed by atoms with Gasteiger partial charge in [0.15, 0.2) is 11.7 Å². The Morgan fingerprint density at radius 2 is 2.03 bits per heavy atom. The molecule has 1 aromatic heterocycles. The lowest BCUT2D eigenvalue weighted by molar-refractivity contribution is -0.146. The topological polar surface area (TPSA) is 88.7 Å². The normalized spacial score (nSPS) is 21.1. The number of carbonyl (C=O) groups is 1. The molecule has 7 heteroatoms. The van der Waals surface area contributed by atoms with Gasteiger partial charge in [-0.15, -0.1) is 0 Å². The van der Waals surface area contributed by atoms with Gasteiger partial charge in [-0.2, -0.15) is 0 Å². The minimum Gasteiger partial charge on any atom is -0.399 e. The Balaban J connectivity index is 1.90. The van der Waals surface area contributed by atoms with E-state index in [4.69, 9.17) is 22.1 Å². The van der Waals surface area contributed by atoms with Crippen molar-refractivity contribution in [3.63, 3.8) is 0 Å². The van der Waals surface area contributed by atoms with Crippen molar-refractivity contribution in [3.05, 3.63) is 88.7 Å². The van der Waals surface area contributed by atoms with E-state index in [1.165, 1.54) is 7.11 Å². The van der Waals surface area contributed by atoms with Crippen molar-refractivity contribution in [2.24, 2.45) is 0 Å². The summed E-state index contributed by atoms with van der Waals surface area (Å²) >= 11 is 6.11. The molecule has 0 aliphatic carbocycles. The summed E-state index contributed by atoms with van der Waals surface area (Å²) in [7, 11) is 1.39. The van der Waals surface area contributed by atoms with E-state index in [1.807, 2.05) is 12.1 Å². The van der Waals surface area contributed by atoms with Crippen molar-refractivity contribution < 1.29 is 14.6 Å². The summed E-state index contributed by atoms with van der Waals surface area (Å²) in [4.78, 5) is 19.3. The summed E-state index contributed by atoms with van der Waals surface area (Å²) in [6.45, 7) is 0.272. The second-order valence-electron chi connectivity index (χ2n) is 6.93. The smallest absolute Gasteiger partial charge is 0.260 e. The van der Waals surface area contributed by atoms with Gasteiger partial charge in [0, 0.05) is 29.6 Å². The molecule has 2 heterocycles. The van der Waals surface area contributed by atoms with Crippen molar-refractivity contribution >= 4 is 28.9 Å². The van der Waals surface area contributed by atoms with Crippen molar-refractivity contribution in [3.8, 4) is 0 Å². The summed E-state index contributed by atoms with van der Waals surface area (Å²) in [5.74, 6) is -0.377. The van der Waals surface area contributed by atoms with E-state index in [0.29, 0.717) is 27.7 Å². The van der Waals surface area contributed by atoms with E-state index in [-0.39, 0.29) is 12.5 Å². The van der Waals surface area contributed by atoms with Crippen LogP contribution in [0.3, 0.4) is 0 Å². The summed E-state index contributed by atoms with van der Waals surface area (Å²) in [6.07, 6.45) is 0.375. The Hall–Kier alpha value is -2.93. The van der Waals surface area contributed by atoms with Crippen molar-refractivity contribution in [2.75, 3.05) is 17.7 Å². The predicted molar refractivity (Wildman–Crippen MR) is 112 cm³/mol. The molecule has 0 radical (unpaired) electrons. The quantitative estimate of drug-likeness (QED) is 0.646. The van der Waals surface area contributed by atoms with E-state index < -0.39 is 11.7 Å². The summed E-state index contributed by atoms with van der Waals surface area (Å²) in [6, 6.07) is 17.5. The average molecular weight is 410 g/mol. The molecule has 3 N–H and O–H groups in total. The molecule has 2 unspecified atom stereocenters. The number of anilines is 2. The highest BCUT2D eigenvalue weighted by Crippen LogP contribution is 2.45. The number of aromatic nitrogens is 1. The number of nitrogens with two attached hydrogens (primary N) is 1. The zero-order chi connectivity index (χ0) is 20.6. The van der Waals surface area contributed by atoms with Crippen LogP contribution >= 0.6 is 11.6 Å². The molecule has 2 atom stereocenters. The molecule has 148 valence electrons. The van der Waals surface area contributed by atoms with Crippen LogP contribution in [0.4, 0.5) is 11.4 Å². The summed E-state index contributed by atoms with van der Waals surface area (Å²) < 4.78 is 5.51. The van der Waals surface area contributed by atoms with E-state index in [9.17, 15) is 9.90 Å². The molecule has 1 aliphatic rings. The molecule has 4 rings (SSSR count). The average Bonchev–Trinajstić information content (AvgIpc) is 2.72. The highest BCUT2D eigenvalue weighted by molar-refractivity contribution is 6.30. The minimum atomic E-state index is -1.78. The Labute approximate surface area is 173 Å². The van der Waals surface area contributed by atoms with E-state index >= 15 is 0 Å². The highest BCUT2D eigenvalue weighted by Gasteiger charge is 2.53. The van der Waals surface area contributed by atoms with Gasteiger partial charge >= 0.3 is 0 Å². The lowest BCUT2D eigenvalue weighted by atomic mass is 9.79. The SMILES string of the molecule is COC1C(=O)N(Cc2cccc(Cl)c2)c2ccc(N)cc2C1(O)c1ccccn1. The lowest BCUT2D eigenvalue weighted by Gasteiger charge is -2.44. The predicted octanol–water partition coefficient (Wildman–Crippen LogP) is 3.11. The van der Waals surface area contributed by atoms with Gasteiger partial charge in [-0.25, -0.2) is 0 Å². The van der Waals surface area contributed by atoms with Crippen LogP contribution in [0.5, 0.6) is 0 Å². The van der Waals surface area contributed by atoms with Crippen LogP contribution in [0.2, 0.25) is 5.02 Å². The number of halogens is 1. The molecule has 3 aromatic rings. The summed E-state index contributed by atoms with van der Waals surface area (Å²) in [5, 5.41) is 12.3. The van der Waals surface area contributed by atoms with Gasteiger partial charge in [0.1, 0.15) is 0 Å². The molecule has 6 nitrogen and oxygen atoms in total.